The lowest BCUT2D eigenvalue weighted by Gasteiger charge is -2.11. The van der Waals surface area contributed by atoms with E-state index < -0.39 is 0 Å². The Morgan fingerprint density at radius 3 is 2.54 bits per heavy atom. The van der Waals surface area contributed by atoms with Gasteiger partial charge in [-0.15, -0.1) is 0 Å². The van der Waals surface area contributed by atoms with Gasteiger partial charge in [0.15, 0.2) is 5.65 Å². The molecule has 0 saturated carbocycles. The maximum atomic E-state index is 13.2. The van der Waals surface area contributed by atoms with Crippen LogP contribution in [0, 0.1) is 25.6 Å². The zero-order valence-electron chi connectivity index (χ0n) is 14.6. The van der Waals surface area contributed by atoms with Crippen LogP contribution < -0.4 is 5.32 Å². The molecule has 2 heterocycles. The Labute approximate surface area is 141 Å². The number of aromatic nitrogens is 3. The summed E-state index contributed by atoms with van der Waals surface area (Å²) in [7, 11) is 0. The van der Waals surface area contributed by atoms with Gasteiger partial charge in [-0.05, 0) is 43.9 Å². The van der Waals surface area contributed by atoms with Crippen molar-refractivity contribution >= 4 is 11.5 Å². The zero-order chi connectivity index (χ0) is 17.3. The standard InChI is InChI=1S/C19H23FN4/c1-12(2)9-10-21-17-11-13(3)22-19-18(14(4)23-24(17)19)15-5-7-16(20)8-6-15/h5-8,11-12,21H,9-10H2,1-4H3. The molecule has 126 valence electrons. The highest BCUT2D eigenvalue weighted by atomic mass is 19.1. The Balaban J connectivity index is 2.07. The minimum atomic E-state index is -0.243. The lowest BCUT2D eigenvalue weighted by molar-refractivity contribution is 0.605. The second kappa shape index (κ2) is 6.59. The van der Waals surface area contributed by atoms with Crippen LogP contribution in [0.15, 0.2) is 30.3 Å². The number of hydrogen-bond donors (Lipinski definition) is 1. The third-order valence-corrected chi connectivity index (χ3v) is 4.05. The largest absolute Gasteiger partial charge is 0.370 e. The molecule has 0 atom stereocenters. The van der Waals surface area contributed by atoms with E-state index in [1.54, 1.807) is 12.1 Å². The predicted octanol–water partition coefficient (Wildman–Crippen LogP) is 4.61. The number of nitrogens with one attached hydrogen (secondary N) is 1. The fraction of sp³-hybridized carbons (Fsp3) is 0.368. The van der Waals surface area contributed by atoms with Crippen LogP contribution in [0.5, 0.6) is 0 Å². The van der Waals surface area contributed by atoms with Gasteiger partial charge in [-0.25, -0.2) is 9.37 Å². The van der Waals surface area contributed by atoms with Crippen LogP contribution >= 0.6 is 0 Å². The number of rotatable bonds is 5. The van der Waals surface area contributed by atoms with E-state index in [0.29, 0.717) is 5.92 Å². The number of anilines is 1. The summed E-state index contributed by atoms with van der Waals surface area (Å²) in [5.74, 6) is 1.34. The van der Waals surface area contributed by atoms with Gasteiger partial charge in [0.1, 0.15) is 11.6 Å². The first kappa shape index (κ1) is 16.4. The Morgan fingerprint density at radius 2 is 1.88 bits per heavy atom. The van der Waals surface area contributed by atoms with Crippen LogP contribution in [0.2, 0.25) is 0 Å². The van der Waals surface area contributed by atoms with Gasteiger partial charge in [0.05, 0.1) is 5.69 Å². The van der Waals surface area contributed by atoms with E-state index in [4.69, 9.17) is 0 Å². The lowest BCUT2D eigenvalue weighted by atomic mass is 10.1. The van der Waals surface area contributed by atoms with E-state index in [9.17, 15) is 4.39 Å². The fourth-order valence-electron chi connectivity index (χ4n) is 2.81. The molecular formula is C19H23FN4. The summed E-state index contributed by atoms with van der Waals surface area (Å²) in [6.45, 7) is 9.24. The van der Waals surface area contributed by atoms with Gasteiger partial charge in [-0.1, -0.05) is 26.0 Å². The van der Waals surface area contributed by atoms with Gasteiger partial charge >= 0.3 is 0 Å². The Kier molecular flexibility index (Phi) is 4.51. The van der Waals surface area contributed by atoms with Crippen LogP contribution in [0.4, 0.5) is 10.2 Å². The van der Waals surface area contributed by atoms with Crippen LogP contribution in [0.25, 0.3) is 16.8 Å². The molecule has 5 heteroatoms. The first-order valence-corrected chi connectivity index (χ1v) is 8.32. The molecule has 0 radical (unpaired) electrons. The van der Waals surface area contributed by atoms with Crippen molar-refractivity contribution in [3.8, 4) is 11.1 Å². The Bertz CT molecular complexity index is 850. The van der Waals surface area contributed by atoms with Crippen molar-refractivity contribution in [3.05, 3.63) is 47.5 Å². The van der Waals surface area contributed by atoms with Gasteiger partial charge in [0.25, 0.3) is 0 Å². The molecular weight excluding hydrogens is 303 g/mol. The van der Waals surface area contributed by atoms with Gasteiger partial charge in [0.2, 0.25) is 0 Å². The average molecular weight is 326 g/mol. The van der Waals surface area contributed by atoms with Crippen molar-refractivity contribution in [2.45, 2.75) is 34.1 Å². The number of fused-ring (bicyclic) bond motifs is 1. The van der Waals surface area contributed by atoms with Gasteiger partial charge in [-0.3, -0.25) is 0 Å². The highest BCUT2D eigenvalue weighted by Gasteiger charge is 2.16. The molecule has 2 aromatic heterocycles. The van der Waals surface area contributed by atoms with E-state index in [0.717, 1.165) is 46.9 Å². The first-order chi connectivity index (χ1) is 11.5. The van der Waals surface area contributed by atoms with Crippen molar-refractivity contribution in [1.82, 2.24) is 14.6 Å². The van der Waals surface area contributed by atoms with E-state index in [1.807, 2.05) is 24.4 Å². The maximum absolute atomic E-state index is 13.2. The summed E-state index contributed by atoms with van der Waals surface area (Å²) < 4.78 is 15.1. The molecule has 0 fully saturated rings. The van der Waals surface area contributed by atoms with Crippen LogP contribution in [0.3, 0.4) is 0 Å². The first-order valence-electron chi connectivity index (χ1n) is 8.32. The maximum Gasteiger partial charge on any atom is 0.165 e. The molecule has 0 aliphatic carbocycles. The second-order valence-corrected chi connectivity index (χ2v) is 6.59. The number of halogens is 1. The van der Waals surface area contributed by atoms with Crippen molar-refractivity contribution < 1.29 is 4.39 Å². The summed E-state index contributed by atoms with van der Waals surface area (Å²) in [6, 6.07) is 8.49. The van der Waals surface area contributed by atoms with E-state index in [-0.39, 0.29) is 5.82 Å². The normalized spacial score (nSPS) is 11.4. The van der Waals surface area contributed by atoms with Crippen LogP contribution in [0.1, 0.15) is 31.7 Å². The van der Waals surface area contributed by atoms with Crippen molar-refractivity contribution in [2.24, 2.45) is 5.92 Å². The molecule has 0 amide bonds. The molecule has 0 bridgehead atoms. The molecule has 3 aromatic rings. The zero-order valence-corrected chi connectivity index (χ0v) is 14.6. The van der Waals surface area contributed by atoms with E-state index >= 15 is 0 Å². The van der Waals surface area contributed by atoms with Crippen molar-refractivity contribution in [3.63, 3.8) is 0 Å². The number of aryl methyl sites for hydroxylation is 2. The second-order valence-electron chi connectivity index (χ2n) is 6.59. The van der Waals surface area contributed by atoms with Gasteiger partial charge in [0, 0.05) is 23.9 Å². The number of hydrogen-bond acceptors (Lipinski definition) is 3. The molecule has 1 N–H and O–H groups in total. The molecule has 0 aliphatic heterocycles. The molecule has 0 saturated heterocycles. The minimum Gasteiger partial charge on any atom is -0.370 e. The number of benzene rings is 1. The predicted molar refractivity (Wildman–Crippen MR) is 95.8 cm³/mol. The molecule has 24 heavy (non-hydrogen) atoms. The summed E-state index contributed by atoms with van der Waals surface area (Å²) >= 11 is 0. The van der Waals surface area contributed by atoms with E-state index in [2.05, 4.69) is 29.2 Å². The minimum absolute atomic E-state index is 0.243. The van der Waals surface area contributed by atoms with Gasteiger partial charge in [-0.2, -0.15) is 9.61 Å². The summed E-state index contributed by atoms with van der Waals surface area (Å²) in [4.78, 5) is 4.67. The van der Waals surface area contributed by atoms with Gasteiger partial charge < -0.3 is 5.32 Å². The van der Waals surface area contributed by atoms with Crippen LogP contribution in [-0.4, -0.2) is 21.1 Å². The summed E-state index contributed by atoms with van der Waals surface area (Å²) in [5.41, 5.74) is 4.48. The molecule has 4 nitrogen and oxygen atoms in total. The van der Waals surface area contributed by atoms with Crippen LogP contribution in [-0.2, 0) is 0 Å². The SMILES string of the molecule is Cc1cc(NCCC(C)C)n2nc(C)c(-c3ccc(F)cc3)c2n1. The third kappa shape index (κ3) is 3.25. The lowest BCUT2D eigenvalue weighted by Crippen LogP contribution is -2.10. The van der Waals surface area contributed by atoms with E-state index in [1.165, 1.54) is 12.1 Å². The third-order valence-electron chi connectivity index (χ3n) is 4.05. The molecule has 0 unspecified atom stereocenters. The highest BCUT2D eigenvalue weighted by molar-refractivity contribution is 5.80. The fourth-order valence-corrected chi connectivity index (χ4v) is 2.81. The summed E-state index contributed by atoms with van der Waals surface area (Å²) in [5, 5.41) is 8.11. The molecule has 1 aromatic carbocycles. The Hall–Kier alpha value is -2.43. The number of nitrogens with zero attached hydrogens (tertiary/aromatic N) is 3. The topological polar surface area (TPSA) is 42.2 Å². The highest BCUT2D eigenvalue weighted by Crippen LogP contribution is 2.29. The average Bonchev–Trinajstić information content (AvgIpc) is 2.84. The molecule has 3 rings (SSSR count). The monoisotopic (exact) mass is 326 g/mol. The molecule has 0 aliphatic rings. The van der Waals surface area contributed by atoms with Crippen molar-refractivity contribution in [2.75, 3.05) is 11.9 Å². The summed E-state index contributed by atoms with van der Waals surface area (Å²) in [6.07, 6.45) is 1.09. The van der Waals surface area contributed by atoms with Crippen molar-refractivity contribution in [1.29, 1.82) is 0 Å². The quantitative estimate of drug-likeness (QED) is 0.744. The molecule has 0 spiro atoms. The Morgan fingerprint density at radius 1 is 1.17 bits per heavy atom. The smallest absolute Gasteiger partial charge is 0.165 e.